The van der Waals surface area contributed by atoms with Crippen LogP contribution in [-0.2, 0) is 35.3 Å². The topological polar surface area (TPSA) is 92.1 Å². The molecule has 2 aromatic heterocycles. The molecule has 174 valence electrons. The third kappa shape index (κ3) is 5.89. The van der Waals surface area contributed by atoms with Crippen molar-refractivity contribution in [3.8, 4) is 6.07 Å². The molecule has 4 rings (SSSR count). The van der Waals surface area contributed by atoms with Crippen LogP contribution in [0.1, 0.15) is 57.7 Å². The number of rotatable bonds is 8. The molecule has 1 aliphatic rings. The van der Waals surface area contributed by atoms with Crippen LogP contribution in [0.2, 0.25) is 0 Å². The van der Waals surface area contributed by atoms with Crippen LogP contribution in [0, 0.1) is 11.3 Å². The van der Waals surface area contributed by atoms with Crippen molar-refractivity contribution in [1.82, 2.24) is 10.3 Å². The Bertz CT molecular complexity index is 1190. The number of amides is 1. The second kappa shape index (κ2) is 11.1. The average molecular weight is 474 g/mol. The van der Waals surface area contributed by atoms with Crippen molar-refractivity contribution in [2.75, 3.05) is 0 Å². The van der Waals surface area contributed by atoms with E-state index >= 15 is 0 Å². The number of pyridine rings is 1. The zero-order chi connectivity index (χ0) is 23.9. The van der Waals surface area contributed by atoms with E-state index in [-0.39, 0.29) is 24.2 Å². The lowest BCUT2D eigenvalue weighted by Gasteiger charge is -2.22. The molecule has 0 fully saturated rings. The fourth-order valence-electron chi connectivity index (χ4n) is 4.33. The van der Waals surface area contributed by atoms with Crippen molar-refractivity contribution in [3.05, 3.63) is 86.9 Å². The minimum Gasteiger partial charge on any atom is -0.446 e. The van der Waals surface area contributed by atoms with E-state index in [0.717, 1.165) is 26.4 Å². The molecule has 1 aliphatic carbocycles. The molecular weight excluding hydrogens is 446 g/mol. The molecule has 7 heteroatoms. The van der Waals surface area contributed by atoms with Crippen LogP contribution in [0.5, 0.6) is 0 Å². The van der Waals surface area contributed by atoms with Crippen molar-refractivity contribution in [2.24, 2.45) is 0 Å². The van der Waals surface area contributed by atoms with Crippen molar-refractivity contribution in [1.29, 1.82) is 5.26 Å². The Morgan fingerprint density at radius 2 is 2.09 bits per heavy atom. The Morgan fingerprint density at radius 3 is 2.82 bits per heavy atom. The van der Waals surface area contributed by atoms with E-state index in [0.29, 0.717) is 37.8 Å². The largest absolute Gasteiger partial charge is 0.446 e. The number of benzene rings is 1. The lowest BCUT2D eigenvalue weighted by atomic mass is 9.91. The summed E-state index contributed by atoms with van der Waals surface area (Å²) in [4.78, 5) is 30.9. The maximum absolute atomic E-state index is 12.8. The normalized spacial score (nSPS) is 15.6. The Kier molecular flexibility index (Phi) is 7.71. The third-order valence-corrected chi connectivity index (χ3v) is 7.35. The van der Waals surface area contributed by atoms with Gasteiger partial charge in [0.15, 0.2) is 0 Å². The highest BCUT2D eigenvalue weighted by atomic mass is 32.1. The average Bonchev–Trinajstić information content (AvgIpc) is 3.19. The number of hydrogen-bond acceptors (Lipinski definition) is 6. The minimum absolute atomic E-state index is 0.133. The number of carbonyl (C=O) groups is 2. The molecule has 1 N–H and O–H groups in total. The first-order valence-electron chi connectivity index (χ1n) is 11.5. The number of alkyl carbamates (subject to hydrolysis) is 1. The van der Waals surface area contributed by atoms with E-state index in [4.69, 9.17) is 4.74 Å². The Hall–Kier alpha value is -3.50. The molecule has 0 aliphatic heterocycles. The second-order valence-electron chi connectivity index (χ2n) is 8.63. The lowest BCUT2D eigenvalue weighted by molar-refractivity contribution is -0.118. The number of nitrogens with zero attached hydrogens (tertiary/aromatic N) is 2. The van der Waals surface area contributed by atoms with Crippen LogP contribution < -0.4 is 5.32 Å². The summed E-state index contributed by atoms with van der Waals surface area (Å²) in [7, 11) is 0. The summed E-state index contributed by atoms with van der Waals surface area (Å²) in [6.45, 7) is 2.41. The highest BCUT2D eigenvalue weighted by Gasteiger charge is 2.28. The van der Waals surface area contributed by atoms with Crippen LogP contribution in [-0.4, -0.2) is 23.0 Å². The molecular formula is C27H27N3O3S. The van der Waals surface area contributed by atoms with E-state index in [2.05, 4.69) is 23.3 Å². The summed E-state index contributed by atoms with van der Waals surface area (Å²) >= 11 is 1.52. The van der Waals surface area contributed by atoms with Crippen molar-refractivity contribution >= 4 is 23.2 Å². The number of fused-ring (bicyclic) bond motifs is 1. The number of Topliss-reactive ketones (excluding diaryl/α,β-unsaturated/α-hetero) is 1. The molecule has 3 aromatic rings. The van der Waals surface area contributed by atoms with Gasteiger partial charge >= 0.3 is 6.09 Å². The first kappa shape index (κ1) is 23.7. The van der Waals surface area contributed by atoms with E-state index in [9.17, 15) is 14.9 Å². The zero-order valence-corrected chi connectivity index (χ0v) is 19.9. The molecule has 1 aromatic carbocycles. The van der Waals surface area contributed by atoms with Gasteiger partial charge in [-0.2, -0.15) is 5.26 Å². The summed E-state index contributed by atoms with van der Waals surface area (Å²) < 4.78 is 5.62. The summed E-state index contributed by atoms with van der Waals surface area (Å²) in [6, 6.07) is 16.0. The molecule has 2 unspecified atom stereocenters. The number of aromatic nitrogens is 1. The van der Waals surface area contributed by atoms with Gasteiger partial charge in [-0.1, -0.05) is 43.3 Å². The highest BCUT2D eigenvalue weighted by Crippen LogP contribution is 2.36. The van der Waals surface area contributed by atoms with Crippen molar-refractivity contribution in [3.63, 3.8) is 0 Å². The maximum Gasteiger partial charge on any atom is 0.407 e. The van der Waals surface area contributed by atoms with Gasteiger partial charge in [0.25, 0.3) is 0 Å². The van der Waals surface area contributed by atoms with Crippen LogP contribution in [0.3, 0.4) is 0 Å². The number of thiophene rings is 1. The Balaban J connectivity index is 1.34. The van der Waals surface area contributed by atoms with Crippen LogP contribution >= 0.6 is 11.3 Å². The van der Waals surface area contributed by atoms with Gasteiger partial charge in [0, 0.05) is 48.0 Å². The first-order valence-corrected chi connectivity index (χ1v) is 12.3. The van der Waals surface area contributed by atoms with Gasteiger partial charge in [-0.05, 0) is 41.5 Å². The molecule has 34 heavy (non-hydrogen) atoms. The summed E-state index contributed by atoms with van der Waals surface area (Å²) in [5.74, 6) is 0.269. The van der Waals surface area contributed by atoms with E-state index < -0.39 is 6.09 Å². The molecule has 6 nitrogen and oxygen atoms in total. The molecule has 0 saturated carbocycles. The van der Waals surface area contributed by atoms with Gasteiger partial charge in [0.2, 0.25) is 0 Å². The molecule has 1 amide bonds. The third-order valence-electron chi connectivity index (χ3n) is 6.10. The number of nitrogens with one attached hydrogen (secondary N) is 1. The van der Waals surface area contributed by atoms with Gasteiger partial charge in [-0.25, -0.2) is 4.79 Å². The Morgan fingerprint density at radius 1 is 1.26 bits per heavy atom. The first-order chi connectivity index (χ1) is 16.5. The van der Waals surface area contributed by atoms with E-state index in [1.807, 2.05) is 42.5 Å². The molecule has 0 spiro atoms. The fourth-order valence-corrected chi connectivity index (χ4v) is 5.73. The van der Waals surface area contributed by atoms with Gasteiger partial charge in [-0.15, -0.1) is 11.3 Å². The smallest absolute Gasteiger partial charge is 0.407 e. The van der Waals surface area contributed by atoms with Crippen LogP contribution in [0.25, 0.3) is 0 Å². The lowest BCUT2D eigenvalue weighted by Crippen LogP contribution is -2.31. The summed E-state index contributed by atoms with van der Waals surface area (Å²) in [5.41, 5.74) is 3.70. The number of carbonyl (C=O) groups excluding carboxylic acids is 2. The van der Waals surface area contributed by atoms with Gasteiger partial charge in [-0.3, -0.25) is 9.78 Å². The van der Waals surface area contributed by atoms with Gasteiger partial charge in [0.1, 0.15) is 18.0 Å². The van der Waals surface area contributed by atoms with Crippen LogP contribution in [0.4, 0.5) is 4.79 Å². The summed E-state index contributed by atoms with van der Waals surface area (Å²) in [6.07, 6.45) is 5.31. The second-order valence-corrected chi connectivity index (χ2v) is 9.82. The van der Waals surface area contributed by atoms with E-state index in [1.165, 1.54) is 11.3 Å². The molecule has 0 bridgehead atoms. The molecule has 2 heterocycles. The predicted octanol–water partition coefficient (Wildman–Crippen LogP) is 5.10. The van der Waals surface area contributed by atoms with E-state index in [1.54, 1.807) is 12.4 Å². The zero-order valence-electron chi connectivity index (χ0n) is 19.1. The number of hydrogen-bond donors (Lipinski definition) is 1. The molecule has 0 radical (unpaired) electrons. The van der Waals surface area contributed by atoms with Crippen molar-refractivity contribution in [2.45, 2.75) is 57.6 Å². The van der Waals surface area contributed by atoms with Crippen LogP contribution in [0.15, 0.2) is 54.9 Å². The number of nitriles is 1. The minimum atomic E-state index is -0.459. The number of ketones is 1. The molecule has 2 atom stereocenters. The standard InChI is InChI=1S/C27H27N3O3S/c1-18(20-7-3-2-4-8-20)12-21(31)13-25-24(15-28)23-10-9-22(14-26(23)34-25)33-27(32)30-17-19-6-5-11-29-16-19/h2-8,11,16,18,22H,9-10,12-14,17H2,1H3,(H,30,32). The van der Waals surface area contributed by atoms with Crippen molar-refractivity contribution < 1.29 is 14.3 Å². The molecule has 0 saturated heterocycles. The van der Waals surface area contributed by atoms with Gasteiger partial charge < -0.3 is 10.1 Å². The quantitative estimate of drug-likeness (QED) is 0.491. The highest BCUT2D eigenvalue weighted by molar-refractivity contribution is 7.12. The van der Waals surface area contributed by atoms with Gasteiger partial charge in [0.05, 0.1) is 5.56 Å². The Labute approximate surface area is 203 Å². The SMILES string of the molecule is CC(CC(=O)Cc1sc2c(c1C#N)CCC(OC(=O)NCc1cccnc1)C2)c1ccccc1. The fraction of sp³-hybridized carbons (Fsp3) is 0.333. The predicted molar refractivity (Wildman–Crippen MR) is 131 cm³/mol. The summed E-state index contributed by atoms with van der Waals surface area (Å²) in [5, 5.41) is 12.5. The number of ether oxygens (including phenoxy) is 1. The monoisotopic (exact) mass is 473 g/mol. The maximum atomic E-state index is 12.8.